The Balaban J connectivity index is 1.97. The van der Waals surface area contributed by atoms with Crippen LogP contribution in [0.3, 0.4) is 0 Å². The normalized spacial score (nSPS) is 11.4. The number of urea groups is 1. The summed E-state index contributed by atoms with van der Waals surface area (Å²) in [7, 11) is 3.09. The van der Waals surface area contributed by atoms with Crippen molar-refractivity contribution in [2.45, 2.75) is 19.6 Å². The zero-order chi connectivity index (χ0) is 17.2. The Labute approximate surface area is 133 Å². The van der Waals surface area contributed by atoms with Crippen LogP contribution in [0.5, 0.6) is 5.88 Å². The fourth-order valence-electron chi connectivity index (χ4n) is 1.85. The molecular formula is C12H14F3N5O2S. The number of ether oxygens (including phenoxy) is 1. The van der Waals surface area contributed by atoms with E-state index in [9.17, 15) is 18.0 Å². The number of rotatable bonds is 4. The molecule has 0 aromatic carbocycles. The second kappa shape index (κ2) is 6.44. The van der Waals surface area contributed by atoms with Crippen LogP contribution in [0.2, 0.25) is 0 Å². The molecule has 0 aliphatic heterocycles. The van der Waals surface area contributed by atoms with E-state index in [-0.39, 0.29) is 11.6 Å². The molecule has 2 heterocycles. The molecule has 7 nitrogen and oxygen atoms in total. The van der Waals surface area contributed by atoms with Gasteiger partial charge < -0.3 is 15.4 Å². The minimum atomic E-state index is -4.49. The van der Waals surface area contributed by atoms with E-state index in [1.54, 1.807) is 14.0 Å². The zero-order valence-corrected chi connectivity index (χ0v) is 13.3. The van der Waals surface area contributed by atoms with Crippen molar-refractivity contribution in [2.75, 3.05) is 12.4 Å². The first kappa shape index (κ1) is 17.1. The van der Waals surface area contributed by atoms with Gasteiger partial charge in [0.25, 0.3) is 0 Å². The molecule has 2 amide bonds. The van der Waals surface area contributed by atoms with E-state index in [1.807, 2.05) is 0 Å². The number of halogens is 3. The van der Waals surface area contributed by atoms with Gasteiger partial charge in [-0.15, -0.1) is 11.3 Å². The van der Waals surface area contributed by atoms with Crippen LogP contribution in [0.4, 0.5) is 23.7 Å². The van der Waals surface area contributed by atoms with E-state index in [0.717, 1.165) is 16.7 Å². The van der Waals surface area contributed by atoms with Gasteiger partial charge in [0.1, 0.15) is 10.7 Å². The number of carbonyl (C=O) groups excluding carboxylic acids is 1. The van der Waals surface area contributed by atoms with Crippen LogP contribution < -0.4 is 15.4 Å². The third-order valence-corrected chi connectivity index (χ3v) is 3.69. The van der Waals surface area contributed by atoms with Gasteiger partial charge in [-0.25, -0.2) is 14.5 Å². The van der Waals surface area contributed by atoms with Crippen LogP contribution in [-0.2, 0) is 19.8 Å². The molecule has 0 atom stereocenters. The first-order valence-corrected chi connectivity index (χ1v) is 7.24. The van der Waals surface area contributed by atoms with Crippen molar-refractivity contribution in [3.63, 3.8) is 0 Å². The number of alkyl halides is 3. The van der Waals surface area contributed by atoms with Crippen LogP contribution in [0.15, 0.2) is 5.38 Å². The maximum Gasteiger partial charge on any atom is 0.434 e. The van der Waals surface area contributed by atoms with Gasteiger partial charge in [0.15, 0.2) is 5.69 Å². The van der Waals surface area contributed by atoms with Crippen molar-refractivity contribution < 1.29 is 22.7 Å². The Morgan fingerprint density at radius 2 is 2.17 bits per heavy atom. The molecule has 2 aromatic rings. The number of anilines is 1. The molecule has 2 N–H and O–H groups in total. The van der Waals surface area contributed by atoms with Crippen LogP contribution in [0.25, 0.3) is 0 Å². The summed E-state index contributed by atoms with van der Waals surface area (Å²) < 4.78 is 43.9. The Hall–Kier alpha value is -2.30. The maximum absolute atomic E-state index is 12.4. The molecule has 0 spiro atoms. The Morgan fingerprint density at radius 1 is 1.48 bits per heavy atom. The summed E-state index contributed by atoms with van der Waals surface area (Å²) in [4.78, 5) is 15.3. The average molecular weight is 349 g/mol. The van der Waals surface area contributed by atoms with Crippen LogP contribution in [0.1, 0.15) is 16.4 Å². The predicted molar refractivity (Wildman–Crippen MR) is 77.5 cm³/mol. The van der Waals surface area contributed by atoms with Gasteiger partial charge in [-0.05, 0) is 6.92 Å². The molecule has 0 bridgehead atoms. The standard InChI is InChI=1S/C12H14F3N5O2S/c1-6-9(10(22-3)20(2)19-6)18-11(21)16-4-8-17-7(5-23-8)12(13,14)15/h5H,4H2,1-3H3,(H2,16,18,21). The smallest absolute Gasteiger partial charge is 0.434 e. The number of hydrogen-bond donors (Lipinski definition) is 2. The van der Waals surface area contributed by atoms with Crippen molar-refractivity contribution in [3.05, 3.63) is 21.8 Å². The van der Waals surface area contributed by atoms with Gasteiger partial charge in [-0.3, -0.25) is 0 Å². The van der Waals surface area contributed by atoms with E-state index < -0.39 is 17.9 Å². The van der Waals surface area contributed by atoms with Crippen molar-refractivity contribution in [1.29, 1.82) is 0 Å². The number of amides is 2. The van der Waals surface area contributed by atoms with Crippen molar-refractivity contribution in [1.82, 2.24) is 20.1 Å². The van der Waals surface area contributed by atoms with Crippen LogP contribution in [-0.4, -0.2) is 27.9 Å². The van der Waals surface area contributed by atoms with Gasteiger partial charge in [0.2, 0.25) is 5.88 Å². The lowest BCUT2D eigenvalue weighted by Crippen LogP contribution is -2.28. The van der Waals surface area contributed by atoms with E-state index in [4.69, 9.17) is 4.74 Å². The summed E-state index contributed by atoms with van der Waals surface area (Å²) in [6.07, 6.45) is -4.49. The van der Waals surface area contributed by atoms with Crippen LogP contribution >= 0.6 is 11.3 Å². The van der Waals surface area contributed by atoms with Gasteiger partial charge in [0, 0.05) is 12.4 Å². The summed E-state index contributed by atoms with van der Waals surface area (Å²) >= 11 is 0.825. The summed E-state index contributed by atoms with van der Waals surface area (Å²) in [5.74, 6) is 0.367. The highest BCUT2D eigenvalue weighted by atomic mass is 32.1. The molecule has 0 unspecified atom stereocenters. The third kappa shape index (κ3) is 3.92. The summed E-state index contributed by atoms with van der Waals surface area (Å²) in [5.41, 5.74) is -0.0276. The molecule has 2 aromatic heterocycles. The summed E-state index contributed by atoms with van der Waals surface area (Å²) in [6, 6.07) is -0.594. The van der Waals surface area contributed by atoms with Crippen LogP contribution in [0, 0.1) is 6.92 Å². The lowest BCUT2D eigenvalue weighted by Gasteiger charge is -2.08. The largest absolute Gasteiger partial charge is 0.480 e. The molecule has 0 saturated carbocycles. The quantitative estimate of drug-likeness (QED) is 0.889. The fourth-order valence-corrected chi connectivity index (χ4v) is 2.59. The molecule has 126 valence electrons. The molecule has 2 rings (SSSR count). The van der Waals surface area contributed by atoms with Crippen molar-refractivity contribution in [3.8, 4) is 5.88 Å². The van der Waals surface area contributed by atoms with E-state index in [1.165, 1.54) is 11.8 Å². The Kier molecular flexibility index (Phi) is 4.78. The highest BCUT2D eigenvalue weighted by molar-refractivity contribution is 7.09. The summed E-state index contributed by atoms with van der Waals surface area (Å²) in [6.45, 7) is 1.57. The van der Waals surface area contributed by atoms with E-state index in [0.29, 0.717) is 17.3 Å². The molecule has 0 saturated heterocycles. The molecule has 0 radical (unpaired) electrons. The fraction of sp³-hybridized carbons (Fsp3) is 0.417. The first-order chi connectivity index (χ1) is 10.7. The lowest BCUT2D eigenvalue weighted by molar-refractivity contribution is -0.140. The molecule has 0 fully saturated rings. The Morgan fingerprint density at radius 3 is 2.74 bits per heavy atom. The van der Waals surface area contributed by atoms with E-state index in [2.05, 4.69) is 20.7 Å². The Bertz CT molecular complexity index is 710. The van der Waals surface area contributed by atoms with Crippen molar-refractivity contribution >= 4 is 23.1 Å². The number of hydrogen-bond acceptors (Lipinski definition) is 5. The van der Waals surface area contributed by atoms with Gasteiger partial charge in [0.05, 0.1) is 19.3 Å². The number of methoxy groups -OCH3 is 1. The number of aromatic nitrogens is 3. The topological polar surface area (TPSA) is 81.1 Å². The number of thiazole rings is 1. The molecule has 23 heavy (non-hydrogen) atoms. The first-order valence-electron chi connectivity index (χ1n) is 6.36. The predicted octanol–water partition coefficient (Wildman–Crippen LogP) is 2.53. The third-order valence-electron chi connectivity index (χ3n) is 2.84. The van der Waals surface area contributed by atoms with Crippen molar-refractivity contribution in [2.24, 2.45) is 7.05 Å². The monoisotopic (exact) mass is 349 g/mol. The number of carbonyl (C=O) groups is 1. The highest BCUT2D eigenvalue weighted by Crippen LogP contribution is 2.30. The zero-order valence-electron chi connectivity index (χ0n) is 12.5. The highest BCUT2D eigenvalue weighted by Gasteiger charge is 2.33. The molecular weight excluding hydrogens is 335 g/mol. The molecule has 0 aliphatic rings. The number of nitrogens with zero attached hydrogens (tertiary/aromatic N) is 3. The average Bonchev–Trinajstić information content (AvgIpc) is 3.02. The minimum Gasteiger partial charge on any atom is -0.480 e. The molecule has 11 heteroatoms. The summed E-state index contributed by atoms with van der Waals surface area (Å²) in [5, 5.41) is 10.2. The second-order valence-electron chi connectivity index (χ2n) is 4.53. The lowest BCUT2D eigenvalue weighted by atomic mass is 10.4. The van der Waals surface area contributed by atoms with Gasteiger partial charge in [-0.2, -0.15) is 18.3 Å². The SMILES string of the molecule is COc1c(NC(=O)NCc2nc(C(F)(F)F)cs2)c(C)nn1C. The minimum absolute atomic E-state index is 0.117. The van der Waals surface area contributed by atoms with Gasteiger partial charge in [-0.1, -0.05) is 0 Å². The number of aryl methyl sites for hydroxylation is 2. The maximum atomic E-state index is 12.4. The number of nitrogens with one attached hydrogen (secondary N) is 2. The second-order valence-corrected chi connectivity index (χ2v) is 5.47. The van der Waals surface area contributed by atoms with E-state index >= 15 is 0 Å². The van der Waals surface area contributed by atoms with Gasteiger partial charge >= 0.3 is 12.2 Å². The molecule has 0 aliphatic carbocycles.